The van der Waals surface area contributed by atoms with E-state index >= 15 is 0 Å². The number of thiophene rings is 1. The molecule has 2 atom stereocenters. The van der Waals surface area contributed by atoms with Gasteiger partial charge in [-0.1, -0.05) is 31.5 Å². The molecule has 3 nitrogen and oxygen atoms in total. The molecule has 0 aliphatic carbocycles. The summed E-state index contributed by atoms with van der Waals surface area (Å²) in [6.07, 6.45) is 1.05. The molecule has 1 fully saturated rings. The van der Waals surface area contributed by atoms with E-state index in [1.54, 1.807) is 0 Å². The summed E-state index contributed by atoms with van der Waals surface area (Å²) in [4.78, 5) is 15.3. The lowest BCUT2D eigenvalue weighted by molar-refractivity contribution is 0.0633. The minimum Gasteiger partial charge on any atom is -0.397 e. The number of nitrogen functional groups attached to an aromatic ring is 1. The van der Waals surface area contributed by atoms with Crippen molar-refractivity contribution in [3.8, 4) is 0 Å². The fourth-order valence-electron chi connectivity index (χ4n) is 2.88. The average Bonchev–Trinajstić information content (AvgIpc) is 2.80. The van der Waals surface area contributed by atoms with E-state index in [1.807, 2.05) is 23.1 Å². The van der Waals surface area contributed by atoms with Gasteiger partial charge in [0.1, 0.15) is 4.88 Å². The molecular weight excluding hydrogens is 304 g/mol. The average molecular weight is 323 g/mol. The molecule has 21 heavy (non-hydrogen) atoms. The molecule has 0 saturated carbocycles. The first-order chi connectivity index (χ1) is 9.99. The zero-order valence-electron chi connectivity index (χ0n) is 12.2. The van der Waals surface area contributed by atoms with Crippen LogP contribution in [0.15, 0.2) is 18.2 Å². The van der Waals surface area contributed by atoms with Gasteiger partial charge in [-0.15, -0.1) is 11.3 Å². The van der Waals surface area contributed by atoms with Gasteiger partial charge in [-0.3, -0.25) is 4.79 Å². The van der Waals surface area contributed by atoms with E-state index in [0.717, 1.165) is 29.6 Å². The number of fused-ring (bicyclic) bond motifs is 1. The molecule has 1 aromatic carbocycles. The van der Waals surface area contributed by atoms with Gasteiger partial charge >= 0.3 is 0 Å². The van der Waals surface area contributed by atoms with Crippen molar-refractivity contribution >= 4 is 44.6 Å². The Morgan fingerprint density at radius 1 is 1.38 bits per heavy atom. The molecule has 2 heterocycles. The zero-order chi connectivity index (χ0) is 15.1. The number of hydrogen-bond acceptors (Lipinski definition) is 3. The van der Waals surface area contributed by atoms with Crippen LogP contribution in [0.3, 0.4) is 0 Å². The van der Waals surface area contributed by atoms with Gasteiger partial charge in [-0.2, -0.15) is 0 Å². The van der Waals surface area contributed by atoms with Gasteiger partial charge in [0.15, 0.2) is 0 Å². The Kier molecular flexibility index (Phi) is 3.84. The number of carbonyl (C=O) groups is 1. The number of anilines is 1. The minimum atomic E-state index is 0.0449. The highest BCUT2D eigenvalue weighted by atomic mass is 35.5. The first-order valence-electron chi connectivity index (χ1n) is 7.24. The molecule has 1 aliphatic rings. The SMILES string of the molecule is CC1CCN(C(=O)c2sc3cccc(Cl)c3c2N)CC1C. The van der Waals surface area contributed by atoms with Crippen LogP contribution in [0.25, 0.3) is 10.1 Å². The molecule has 2 unspecified atom stereocenters. The monoisotopic (exact) mass is 322 g/mol. The van der Waals surface area contributed by atoms with Crippen LogP contribution in [0.5, 0.6) is 0 Å². The van der Waals surface area contributed by atoms with Crippen LogP contribution in [0.4, 0.5) is 5.69 Å². The number of nitrogens with zero attached hydrogens (tertiary/aromatic N) is 1. The highest BCUT2D eigenvalue weighted by Crippen LogP contribution is 2.39. The lowest BCUT2D eigenvalue weighted by atomic mass is 9.88. The number of piperidine rings is 1. The Morgan fingerprint density at radius 3 is 2.81 bits per heavy atom. The number of carbonyl (C=O) groups excluding carboxylic acids is 1. The van der Waals surface area contributed by atoms with Crippen LogP contribution >= 0.6 is 22.9 Å². The lowest BCUT2D eigenvalue weighted by Gasteiger charge is -2.35. The van der Waals surface area contributed by atoms with E-state index in [1.165, 1.54) is 11.3 Å². The minimum absolute atomic E-state index is 0.0449. The van der Waals surface area contributed by atoms with Crippen LogP contribution in [0, 0.1) is 11.8 Å². The summed E-state index contributed by atoms with van der Waals surface area (Å²) in [6.45, 7) is 6.07. The van der Waals surface area contributed by atoms with Crippen LogP contribution in [0.1, 0.15) is 29.9 Å². The molecule has 2 N–H and O–H groups in total. The summed E-state index contributed by atoms with van der Waals surface area (Å²) in [5, 5.41) is 1.42. The number of benzene rings is 1. The summed E-state index contributed by atoms with van der Waals surface area (Å²) in [5.41, 5.74) is 6.71. The summed E-state index contributed by atoms with van der Waals surface area (Å²) >= 11 is 7.65. The van der Waals surface area contributed by atoms with Gasteiger partial charge in [0.2, 0.25) is 0 Å². The molecule has 1 aliphatic heterocycles. The second-order valence-corrected chi connectivity index (χ2v) is 7.41. The van der Waals surface area contributed by atoms with Gasteiger partial charge in [-0.25, -0.2) is 0 Å². The summed E-state index contributed by atoms with van der Waals surface area (Å²) in [7, 11) is 0. The molecule has 1 aromatic heterocycles. The predicted molar refractivity (Wildman–Crippen MR) is 90.1 cm³/mol. The third kappa shape index (κ3) is 2.51. The van der Waals surface area contributed by atoms with Crippen molar-refractivity contribution in [2.75, 3.05) is 18.8 Å². The van der Waals surface area contributed by atoms with Gasteiger partial charge in [0.25, 0.3) is 5.91 Å². The normalized spacial score (nSPS) is 22.7. The Labute approximate surface area is 133 Å². The number of amides is 1. The van der Waals surface area contributed by atoms with E-state index in [2.05, 4.69) is 13.8 Å². The maximum Gasteiger partial charge on any atom is 0.266 e. The van der Waals surface area contributed by atoms with E-state index < -0.39 is 0 Å². The van der Waals surface area contributed by atoms with Crippen LogP contribution < -0.4 is 5.73 Å². The standard InChI is InChI=1S/C16H19ClN2OS/c1-9-6-7-19(8-10(9)2)16(20)15-14(18)13-11(17)4-3-5-12(13)21-15/h3-5,9-10H,6-8,18H2,1-2H3. The summed E-state index contributed by atoms with van der Waals surface area (Å²) < 4.78 is 0.974. The van der Waals surface area contributed by atoms with Gasteiger partial charge in [0, 0.05) is 23.2 Å². The van der Waals surface area contributed by atoms with Crippen LogP contribution in [-0.4, -0.2) is 23.9 Å². The van der Waals surface area contributed by atoms with Crippen LogP contribution in [-0.2, 0) is 0 Å². The van der Waals surface area contributed by atoms with E-state index in [4.69, 9.17) is 17.3 Å². The molecule has 1 amide bonds. The molecule has 2 aromatic rings. The summed E-state index contributed by atoms with van der Waals surface area (Å²) in [5.74, 6) is 1.24. The Bertz CT molecular complexity index is 697. The molecule has 1 saturated heterocycles. The van der Waals surface area contributed by atoms with Crippen molar-refractivity contribution in [2.45, 2.75) is 20.3 Å². The van der Waals surface area contributed by atoms with E-state index in [-0.39, 0.29) is 5.91 Å². The highest BCUT2D eigenvalue weighted by Gasteiger charge is 2.29. The van der Waals surface area contributed by atoms with Crippen molar-refractivity contribution in [3.05, 3.63) is 28.1 Å². The fraction of sp³-hybridized carbons (Fsp3) is 0.438. The molecule has 112 valence electrons. The maximum atomic E-state index is 12.8. The van der Waals surface area contributed by atoms with Crippen LogP contribution in [0.2, 0.25) is 5.02 Å². The lowest BCUT2D eigenvalue weighted by Crippen LogP contribution is -2.42. The second kappa shape index (κ2) is 5.50. The zero-order valence-corrected chi connectivity index (χ0v) is 13.8. The first kappa shape index (κ1) is 14.7. The van der Waals surface area contributed by atoms with Crippen molar-refractivity contribution in [2.24, 2.45) is 11.8 Å². The molecule has 0 bridgehead atoms. The largest absolute Gasteiger partial charge is 0.397 e. The highest BCUT2D eigenvalue weighted by molar-refractivity contribution is 7.21. The Balaban J connectivity index is 1.95. The quantitative estimate of drug-likeness (QED) is 0.853. The molecule has 3 rings (SSSR count). The van der Waals surface area contributed by atoms with Gasteiger partial charge in [-0.05, 0) is 30.4 Å². The molecule has 0 spiro atoms. The second-order valence-electron chi connectivity index (χ2n) is 5.95. The molecular formula is C16H19ClN2OS. The van der Waals surface area contributed by atoms with Crippen molar-refractivity contribution in [3.63, 3.8) is 0 Å². The molecule has 0 radical (unpaired) electrons. The van der Waals surface area contributed by atoms with E-state index in [0.29, 0.717) is 27.4 Å². The smallest absolute Gasteiger partial charge is 0.266 e. The topological polar surface area (TPSA) is 46.3 Å². The third-order valence-electron chi connectivity index (χ3n) is 4.52. The van der Waals surface area contributed by atoms with Crippen molar-refractivity contribution in [1.82, 2.24) is 4.90 Å². The Hall–Kier alpha value is -1.26. The van der Waals surface area contributed by atoms with Gasteiger partial charge < -0.3 is 10.6 Å². The predicted octanol–water partition coefficient (Wildman–Crippen LogP) is 4.26. The molecule has 5 heteroatoms. The fourth-order valence-corrected chi connectivity index (χ4v) is 4.33. The first-order valence-corrected chi connectivity index (χ1v) is 8.44. The number of hydrogen-bond donors (Lipinski definition) is 1. The number of halogens is 1. The maximum absolute atomic E-state index is 12.8. The third-order valence-corrected chi connectivity index (χ3v) is 5.99. The number of nitrogens with two attached hydrogens (primary N) is 1. The number of rotatable bonds is 1. The van der Waals surface area contributed by atoms with E-state index in [9.17, 15) is 4.79 Å². The summed E-state index contributed by atoms with van der Waals surface area (Å²) in [6, 6.07) is 5.66. The van der Waals surface area contributed by atoms with Gasteiger partial charge in [0.05, 0.1) is 10.7 Å². The van der Waals surface area contributed by atoms with Crippen molar-refractivity contribution in [1.29, 1.82) is 0 Å². The number of likely N-dealkylation sites (tertiary alicyclic amines) is 1. The van der Waals surface area contributed by atoms with Crippen molar-refractivity contribution < 1.29 is 4.79 Å². The Morgan fingerprint density at radius 2 is 2.14 bits per heavy atom.